The van der Waals surface area contributed by atoms with Crippen molar-refractivity contribution in [2.45, 2.75) is 26.7 Å². The summed E-state index contributed by atoms with van der Waals surface area (Å²) in [7, 11) is 0. The third-order valence-corrected chi connectivity index (χ3v) is 2.14. The number of aryl methyl sites for hydroxylation is 2. The third-order valence-electron chi connectivity index (χ3n) is 2.14. The standard InChI is InChI=1S/C10H16N2/c1-3-8-6-5-7-9(4-2)10(8)12-11/h5-7,12H,3-4,11H2,1-2H3. The van der Waals surface area contributed by atoms with Gasteiger partial charge in [0.1, 0.15) is 0 Å². The van der Waals surface area contributed by atoms with E-state index in [-0.39, 0.29) is 0 Å². The van der Waals surface area contributed by atoms with Gasteiger partial charge >= 0.3 is 0 Å². The van der Waals surface area contributed by atoms with Crippen molar-refractivity contribution in [1.82, 2.24) is 0 Å². The summed E-state index contributed by atoms with van der Waals surface area (Å²) in [5.41, 5.74) is 6.44. The van der Waals surface area contributed by atoms with Gasteiger partial charge in [-0.2, -0.15) is 0 Å². The monoisotopic (exact) mass is 164 g/mol. The number of nitrogens with one attached hydrogen (secondary N) is 1. The van der Waals surface area contributed by atoms with E-state index in [0.717, 1.165) is 18.5 Å². The number of nitrogens with two attached hydrogens (primary N) is 1. The molecule has 0 aliphatic rings. The van der Waals surface area contributed by atoms with Crippen molar-refractivity contribution in [3.63, 3.8) is 0 Å². The van der Waals surface area contributed by atoms with Crippen LogP contribution in [-0.2, 0) is 12.8 Å². The first-order chi connectivity index (χ1) is 5.83. The lowest BCUT2D eigenvalue weighted by Crippen LogP contribution is -2.11. The zero-order valence-electron chi connectivity index (χ0n) is 7.72. The molecule has 0 aliphatic carbocycles. The molecule has 0 atom stereocenters. The second kappa shape index (κ2) is 4.12. The number of hydrazine groups is 1. The highest BCUT2D eigenvalue weighted by molar-refractivity contribution is 5.56. The number of hydrogen-bond donors (Lipinski definition) is 2. The zero-order chi connectivity index (χ0) is 8.97. The van der Waals surface area contributed by atoms with E-state index in [1.54, 1.807) is 0 Å². The van der Waals surface area contributed by atoms with Crippen LogP contribution in [0.1, 0.15) is 25.0 Å². The van der Waals surface area contributed by atoms with Gasteiger partial charge in [-0.15, -0.1) is 0 Å². The van der Waals surface area contributed by atoms with E-state index in [4.69, 9.17) is 5.84 Å². The maximum absolute atomic E-state index is 5.45. The highest BCUT2D eigenvalue weighted by Gasteiger charge is 2.02. The number of hydrogen-bond acceptors (Lipinski definition) is 2. The first kappa shape index (κ1) is 9.07. The molecular weight excluding hydrogens is 148 g/mol. The van der Waals surface area contributed by atoms with Crippen molar-refractivity contribution in [1.29, 1.82) is 0 Å². The van der Waals surface area contributed by atoms with Gasteiger partial charge in [0.05, 0.1) is 5.69 Å². The molecule has 0 amide bonds. The summed E-state index contributed by atoms with van der Waals surface area (Å²) in [5, 5.41) is 0. The second-order valence-electron chi connectivity index (χ2n) is 2.80. The molecule has 0 radical (unpaired) electrons. The van der Waals surface area contributed by atoms with E-state index >= 15 is 0 Å². The van der Waals surface area contributed by atoms with Crippen LogP contribution in [0.25, 0.3) is 0 Å². The van der Waals surface area contributed by atoms with Crippen molar-refractivity contribution in [2.75, 3.05) is 5.43 Å². The van der Waals surface area contributed by atoms with Crippen LogP contribution in [0.4, 0.5) is 5.69 Å². The van der Waals surface area contributed by atoms with Gasteiger partial charge in [-0.05, 0) is 24.0 Å². The fourth-order valence-corrected chi connectivity index (χ4v) is 1.43. The Hall–Kier alpha value is -1.02. The Balaban J connectivity index is 3.13. The topological polar surface area (TPSA) is 38.0 Å². The smallest absolute Gasteiger partial charge is 0.0548 e. The van der Waals surface area contributed by atoms with Crippen LogP contribution < -0.4 is 11.3 Å². The third kappa shape index (κ3) is 1.59. The fourth-order valence-electron chi connectivity index (χ4n) is 1.43. The molecule has 0 bridgehead atoms. The van der Waals surface area contributed by atoms with Crippen LogP contribution in [0.15, 0.2) is 18.2 Å². The normalized spacial score (nSPS) is 9.92. The maximum atomic E-state index is 5.45. The molecule has 0 fully saturated rings. The van der Waals surface area contributed by atoms with Crippen LogP contribution in [0.2, 0.25) is 0 Å². The van der Waals surface area contributed by atoms with Crippen molar-refractivity contribution >= 4 is 5.69 Å². The highest BCUT2D eigenvalue weighted by atomic mass is 15.2. The van der Waals surface area contributed by atoms with E-state index in [9.17, 15) is 0 Å². The van der Waals surface area contributed by atoms with Crippen molar-refractivity contribution < 1.29 is 0 Å². The van der Waals surface area contributed by atoms with Gasteiger partial charge in [-0.25, -0.2) is 0 Å². The average molecular weight is 164 g/mol. The molecule has 12 heavy (non-hydrogen) atoms. The fraction of sp³-hybridized carbons (Fsp3) is 0.400. The van der Waals surface area contributed by atoms with E-state index in [0.29, 0.717) is 0 Å². The largest absolute Gasteiger partial charge is 0.324 e. The average Bonchev–Trinajstić information content (AvgIpc) is 2.16. The Morgan fingerprint density at radius 3 is 2.00 bits per heavy atom. The molecule has 2 nitrogen and oxygen atoms in total. The Bertz CT molecular complexity index is 234. The first-order valence-corrected chi connectivity index (χ1v) is 4.40. The summed E-state index contributed by atoms with van der Waals surface area (Å²) in [6.07, 6.45) is 2.04. The lowest BCUT2D eigenvalue weighted by atomic mass is 10.0. The number of anilines is 1. The maximum Gasteiger partial charge on any atom is 0.0548 e. The minimum absolute atomic E-state index is 1.02. The molecule has 1 aromatic rings. The quantitative estimate of drug-likeness (QED) is 0.530. The zero-order valence-corrected chi connectivity index (χ0v) is 7.72. The van der Waals surface area contributed by atoms with E-state index in [1.165, 1.54) is 11.1 Å². The van der Waals surface area contributed by atoms with Crippen molar-refractivity contribution in [2.24, 2.45) is 5.84 Å². The van der Waals surface area contributed by atoms with Crippen LogP contribution in [0, 0.1) is 0 Å². The van der Waals surface area contributed by atoms with Crippen molar-refractivity contribution in [3.05, 3.63) is 29.3 Å². The van der Waals surface area contributed by atoms with Crippen LogP contribution in [0.3, 0.4) is 0 Å². The minimum Gasteiger partial charge on any atom is -0.324 e. The van der Waals surface area contributed by atoms with Crippen molar-refractivity contribution in [3.8, 4) is 0 Å². The second-order valence-corrected chi connectivity index (χ2v) is 2.80. The molecule has 0 saturated carbocycles. The molecule has 0 aromatic heterocycles. The van der Waals surface area contributed by atoms with E-state index in [2.05, 4.69) is 37.5 Å². The molecule has 0 spiro atoms. The Morgan fingerprint density at radius 2 is 1.67 bits per heavy atom. The molecule has 0 aliphatic heterocycles. The molecule has 0 unspecified atom stereocenters. The summed E-state index contributed by atoms with van der Waals surface area (Å²) in [4.78, 5) is 0. The Labute approximate surface area is 73.8 Å². The van der Waals surface area contributed by atoms with Gasteiger partial charge in [0.25, 0.3) is 0 Å². The molecule has 0 saturated heterocycles. The Morgan fingerprint density at radius 1 is 1.17 bits per heavy atom. The number of para-hydroxylation sites is 1. The molecule has 1 aromatic carbocycles. The highest BCUT2D eigenvalue weighted by Crippen LogP contribution is 2.20. The molecular formula is C10H16N2. The van der Waals surface area contributed by atoms with Gasteiger partial charge in [0.2, 0.25) is 0 Å². The predicted molar refractivity (Wildman–Crippen MR) is 53.0 cm³/mol. The van der Waals surface area contributed by atoms with Crippen LogP contribution >= 0.6 is 0 Å². The summed E-state index contributed by atoms with van der Waals surface area (Å²) < 4.78 is 0. The molecule has 3 N–H and O–H groups in total. The number of benzene rings is 1. The molecule has 66 valence electrons. The minimum atomic E-state index is 1.02. The summed E-state index contributed by atoms with van der Waals surface area (Å²) in [6.45, 7) is 4.27. The number of rotatable bonds is 3. The van der Waals surface area contributed by atoms with Crippen LogP contribution in [-0.4, -0.2) is 0 Å². The summed E-state index contributed by atoms with van der Waals surface area (Å²) in [6, 6.07) is 6.29. The Kier molecular flexibility index (Phi) is 3.11. The van der Waals surface area contributed by atoms with Gasteiger partial charge in [-0.1, -0.05) is 32.0 Å². The van der Waals surface area contributed by atoms with Gasteiger partial charge < -0.3 is 5.43 Å². The number of nitrogen functional groups attached to an aromatic ring is 1. The van der Waals surface area contributed by atoms with E-state index < -0.39 is 0 Å². The van der Waals surface area contributed by atoms with Crippen LogP contribution in [0.5, 0.6) is 0 Å². The lowest BCUT2D eigenvalue weighted by Gasteiger charge is -2.11. The summed E-state index contributed by atoms with van der Waals surface area (Å²) >= 11 is 0. The van der Waals surface area contributed by atoms with E-state index in [1.807, 2.05) is 0 Å². The van der Waals surface area contributed by atoms with Gasteiger partial charge in [0.15, 0.2) is 0 Å². The van der Waals surface area contributed by atoms with Gasteiger partial charge in [0, 0.05) is 0 Å². The SMILES string of the molecule is CCc1cccc(CC)c1NN. The molecule has 1 rings (SSSR count). The lowest BCUT2D eigenvalue weighted by molar-refractivity contribution is 1.07. The molecule has 2 heteroatoms. The molecule has 0 heterocycles. The van der Waals surface area contributed by atoms with Gasteiger partial charge in [-0.3, -0.25) is 5.84 Å². The predicted octanol–water partition coefficient (Wildman–Crippen LogP) is 2.10. The first-order valence-electron chi connectivity index (χ1n) is 4.40. The summed E-state index contributed by atoms with van der Waals surface area (Å²) in [5.74, 6) is 5.45.